The third-order valence-corrected chi connectivity index (χ3v) is 6.40. The molecular weight excluding hydrogens is 368 g/mol. The lowest BCUT2D eigenvalue weighted by atomic mass is 9.56. The Morgan fingerprint density at radius 1 is 1.30 bits per heavy atom. The van der Waals surface area contributed by atoms with Gasteiger partial charge in [0.25, 0.3) is 5.56 Å². The molecule has 1 N–H and O–H groups in total. The summed E-state index contributed by atoms with van der Waals surface area (Å²) < 4.78 is 12.4. The molecule has 1 aliphatic carbocycles. The van der Waals surface area contributed by atoms with Crippen molar-refractivity contribution in [1.29, 1.82) is 0 Å². The number of ether oxygens (including phenoxy) is 2. The fourth-order valence-electron chi connectivity index (χ4n) is 3.41. The van der Waals surface area contributed by atoms with E-state index in [0.717, 1.165) is 17.9 Å². The van der Waals surface area contributed by atoms with Gasteiger partial charge in [-0.15, -0.1) is 0 Å². The number of thioether (sulfide) groups is 1. The van der Waals surface area contributed by atoms with Gasteiger partial charge >= 0.3 is 11.7 Å². The molecule has 27 heavy (non-hydrogen) atoms. The Kier molecular flexibility index (Phi) is 8.16. The van der Waals surface area contributed by atoms with Gasteiger partial charge in [-0.2, -0.15) is 11.8 Å². The van der Waals surface area contributed by atoms with Gasteiger partial charge in [0.2, 0.25) is 0 Å². The van der Waals surface area contributed by atoms with Crippen molar-refractivity contribution in [3.8, 4) is 0 Å². The molecule has 1 aliphatic rings. The van der Waals surface area contributed by atoms with E-state index >= 15 is 0 Å². The van der Waals surface area contributed by atoms with Crippen LogP contribution in [0.5, 0.6) is 0 Å². The number of carbonyl (C=O) groups is 1. The highest BCUT2D eigenvalue weighted by Gasteiger charge is 2.51. The first-order chi connectivity index (χ1) is 12.8. The number of aryl methyl sites for hydroxylation is 1. The van der Waals surface area contributed by atoms with Crippen molar-refractivity contribution < 1.29 is 14.3 Å². The maximum Gasteiger partial charge on any atom is 0.328 e. The quantitative estimate of drug-likeness (QED) is 0.452. The molecule has 0 radical (unpaired) electrons. The second-order valence-electron chi connectivity index (χ2n) is 7.41. The van der Waals surface area contributed by atoms with Crippen LogP contribution in [0.25, 0.3) is 0 Å². The minimum atomic E-state index is -0.396. The molecule has 0 spiro atoms. The highest BCUT2D eigenvalue weighted by Crippen LogP contribution is 2.51. The summed E-state index contributed by atoms with van der Waals surface area (Å²) in [6.07, 6.45) is 3.10. The summed E-state index contributed by atoms with van der Waals surface area (Å²) >= 11 is 1.69. The number of carbonyl (C=O) groups excluding carboxylic acids is 1. The van der Waals surface area contributed by atoms with Gasteiger partial charge < -0.3 is 14.0 Å². The lowest BCUT2D eigenvalue weighted by Crippen LogP contribution is -2.49. The van der Waals surface area contributed by atoms with Crippen LogP contribution in [0.4, 0.5) is 0 Å². The fourth-order valence-corrected chi connectivity index (χ4v) is 4.05. The van der Waals surface area contributed by atoms with Crippen molar-refractivity contribution in [2.75, 3.05) is 31.3 Å². The predicted molar refractivity (Wildman–Crippen MR) is 106 cm³/mol. The first-order valence-corrected chi connectivity index (χ1v) is 10.6. The van der Waals surface area contributed by atoms with Crippen LogP contribution in [0, 0.1) is 17.3 Å². The molecule has 2 rings (SSSR count). The van der Waals surface area contributed by atoms with Gasteiger partial charge in [0.05, 0.1) is 12.0 Å². The molecule has 0 amide bonds. The van der Waals surface area contributed by atoms with Gasteiger partial charge in [0.15, 0.2) is 0 Å². The monoisotopic (exact) mass is 398 g/mol. The molecule has 1 aromatic rings. The lowest BCUT2D eigenvalue weighted by molar-refractivity contribution is -0.169. The minimum Gasteiger partial charge on any atom is -0.464 e. The summed E-state index contributed by atoms with van der Waals surface area (Å²) in [4.78, 5) is 36.9. The average molecular weight is 399 g/mol. The Morgan fingerprint density at radius 2 is 2.04 bits per heavy atom. The van der Waals surface area contributed by atoms with Crippen LogP contribution in [0.15, 0.2) is 21.9 Å². The summed E-state index contributed by atoms with van der Waals surface area (Å²) in [6, 6.07) is 1.33. The molecule has 0 saturated heterocycles. The van der Waals surface area contributed by atoms with E-state index in [-0.39, 0.29) is 16.9 Å². The smallest absolute Gasteiger partial charge is 0.328 e. The summed E-state index contributed by atoms with van der Waals surface area (Å²) in [5.41, 5.74) is -1.09. The summed E-state index contributed by atoms with van der Waals surface area (Å²) in [5.74, 6) is 2.51. The number of nitrogens with zero attached hydrogens (tertiary/aromatic N) is 1. The van der Waals surface area contributed by atoms with Crippen molar-refractivity contribution in [2.24, 2.45) is 17.3 Å². The molecule has 0 bridgehead atoms. The molecule has 1 saturated carbocycles. The molecule has 8 heteroatoms. The van der Waals surface area contributed by atoms with Crippen LogP contribution in [-0.4, -0.2) is 46.8 Å². The van der Waals surface area contributed by atoms with Crippen LogP contribution < -0.4 is 11.2 Å². The van der Waals surface area contributed by atoms with E-state index in [4.69, 9.17) is 9.47 Å². The number of aromatic nitrogens is 2. The van der Waals surface area contributed by atoms with Crippen molar-refractivity contribution >= 4 is 17.7 Å². The minimum absolute atomic E-state index is 0.0672. The van der Waals surface area contributed by atoms with Gasteiger partial charge in [-0.05, 0) is 31.6 Å². The summed E-state index contributed by atoms with van der Waals surface area (Å²) in [5, 5.41) is 0. The second-order valence-corrected chi connectivity index (χ2v) is 8.63. The van der Waals surface area contributed by atoms with Crippen LogP contribution in [0.3, 0.4) is 0 Å². The first-order valence-electron chi connectivity index (χ1n) is 9.47. The van der Waals surface area contributed by atoms with E-state index in [2.05, 4.69) is 18.8 Å². The fraction of sp³-hybridized carbons (Fsp3) is 0.737. The van der Waals surface area contributed by atoms with Crippen LogP contribution in [-0.2, 0) is 20.8 Å². The second kappa shape index (κ2) is 10.1. The molecule has 1 fully saturated rings. The van der Waals surface area contributed by atoms with Crippen molar-refractivity contribution in [1.82, 2.24) is 9.55 Å². The Balaban J connectivity index is 1.45. The maximum atomic E-state index is 12.2. The lowest BCUT2D eigenvalue weighted by Gasteiger charge is -2.48. The first kappa shape index (κ1) is 21.8. The van der Waals surface area contributed by atoms with E-state index in [1.165, 1.54) is 16.8 Å². The standard InChI is InChI=1S/C19H30N2O5S/c1-14-13-19(3,15(14)2)17(23)26-10-12-27-11-9-25-8-4-6-21-7-5-16(22)20-18(21)24/h5,7,14-15H,4,6,8-13H2,1-3H3,(H,20,22,24). The van der Waals surface area contributed by atoms with Crippen LogP contribution >= 0.6 is 11.8 Å². The topological polar surface area (TPSA) is 90.4 Å². The van der Waals surface area contributed by atoms with Crippen molar-refractivity contribution in [3.05, 3.63) is 33.1 Å². The Hall–Kier alpha value is -1.54. The molecule has 1 aromatic heterocycles. The Morgan fingerprint density at radius 3 is 2.70 bits per heavy atom. The molecular formula is C19H30N2O5S. The molecule has 3 atom stereocenters. The van der Waals surface area contributed by atoms with Gasteiger partial charge in [0.1, 0.15) is 6.61 Å². The molecule has 152 valence electrons. The summed E-state index contributed by atoms with van der Waals surface area (Å²) in [6.45, 7) is 8.41. The molecule has 1 heterocycles. The number of rotatable bonds is 11. The zero-order valence-electron chi connectivity index (χ0n) is 16.4. The SMILES string of the molecule is CC1CC(C)(C(=O)OCCSCCOCCCn2ccc(=O)[nH]c2=O)C1C. The molecule has 0 aromatic carbocycles. The molecule has 7 nitrogen and oxygen atoms in total. The molecule has 3 unspecified atom stereocenters. The maximum absolute atomic E-state index is 12.2. The van der Waals surface area contributed by atoms with E-state index in [0.29, 0.717) is 44.6 Å². The zero-order valence-corrected chi connectivity index (χ0v) is 17.2. The van der Waals surface area contributed by atoms with Crippen molar-refractivity contribution in [3.63, 3.8) is 0 Å². The third-order valence-electron chi connectivity index (χ3n) is 5.49. The highest BCUT2D eigenvalue weighted by atomic mass is 32.2. The van der Waals surface area contributed by atoms with Gasteiger partial charge in [0, 0.05) is 36.9 Å². The number of nitrogens with one attached hydrogen (secondary N) is 1. The Bertz CT molecular complexity index is 731. The number of aromatic amines is 1. The number of hydrogen-bond donors (Lipinski definition) is 1. The van der Waals surface area contributed by atoms with Gasteiger partial charge in [-0.1, -0.05) is 13.8 Å². The number of hydrogen-bond acceptors (Lipinski definition) is 6. The zero-order chi connectivity index (χ0) is 19.9. The van der Waals surface area contributed by atoms with E-state index in [1.807, 2.05) is 6.92 Å². The number of H-pyrrole nitrogens is 1. The van der Waals surface area contributed by atoms with Gasteiger partial charge in [-0.3, -0.25) is 14.6 Å². The van der Waals surface area contributed by atoms with Crippen LogP contribution in [0.1, 0.15) is 33.6 Å². The van der Waals surface area contributed by atoms with E-state index in [1.54, 1.807) is 11.8 Å². The van der Waals surface area contributed by atoms with Crippen molar-refractivity contribution in [2.45, 2.75) is 40.2 Å². The third kappa shape index (κ3) is 5.97. The van der Waals surface area contributed by atoms with Gasteiger partial charge in [-0.25, -0.2) is 4.79 Å². The largest absolute Gasteiger partial charge is 0.464 e. The average Bonchev–Trinajstić information content (AvgIpc) is 2.64. The molecule has 0 aliphatic heterocycles. The van der Waals surface area contributed by atoms with E-state index < -0.39 is 5.69 Å². The summed E-state index contributed by atoms with van der Waals surface area (Å²) in [7, 11) is 0. The highest BCUT2D eigenvalue weighted by molar-refractivity contribution is 7.99. The van der Waals surface area contributed by atoms with E-state index in [9.17, 15) is 14.4 Å². The predicted octanol–water partition coefficient (Wildman–Crippen LogP) is 1.90. The number of esters is 1. The Labute approximate surface area is 163 Å². The normalized spacial score (nSPS) is 24.4. The van der Waals surface area contributed by atoms with Crippen LogP contribution in [0.2, 0.25) is 0 Å².